The summed E-state index contributed by atoms with van der Waals surface area (Å²) in [5, 5.41) is 2.12. The van der Waals surface area contributed by atoms with E-state index >= 15 is 0 Å². The minimum atomic E-state index is -0.137. The molecule has 1 aliphatic rings. The smallest absolute Gasteiger partial charge is 0.254 e. The number of rotatable bonds is 5. The van der Waals surface area contributed by atoms with E-state index in [-0.39, 0.29) is 35.9 Å². The maximum atomic E-state index is 13.8. The van der Waals surface area contributed by atoms with Gasteiger partial charge in [0, 0.05) is 27.5 Å². The summed E-state index contributed by atoms with van der Waals surface area (Å²) in [6, 6.07) is 17.9. The Bertz CT molecular complexity index is 1210. The Morgan fingerprint density at radius 3 is 2.46 bits per heavy atom. The van der Waals surface area contributed by atoms with Gasteiger partial charge in [0.05, 0.1) is 6.04 Å². The van der Waals surface area contributed by atoms with Gasteiger partial charge in [-0.05, 0) is 72.0 Å². The lowest BCUT2D eigenvalue weighted by atomic mass is 9.85. The van der Waals surface area contributed by atoms with Crippen molar-refractivity contribution in [3.8, 4) is 0 Å². The second kappa shape index (κ2) is 10.3. The molecular weight excluding hydrogens is 520 g/mol. The van der Waals surface area contributed by atoms with Crippen molar-refractivity contribution in [1.29, 1.82) is 0 Å². The van der Waals surface area contributed by atoms with Crippen LogP contribution in [0.4, 0.5) is 0 Å². The van der Waals surface area contributed by atoms with E-state index in [1.54, 1.807) is 28.4 Å². The highest BCUT2D eigenvalue weighted by Crippen LogP contribution is 2.38. The molecule has 2 amide bonds. The van der Waals surface area contributed by atoms with E-state index in [1.807, 2.05) is 30.9 Å². The molecule has 0 spiro atoms. The molecule has 0 saturated heterocycles. The number of nitrogens with zero attached hydrogens (tertiary/aromatic N) is 2. The number of benzene rings is 2. The summed E-state index contributed by atoms with van der Waals surface area (Å²) in [6.45, 7) is 11.2. The number of halogens is 1. The summed E-state index contributed by atoms with van der Waals surface area (Å²) in [4.78, 5) is 32.1. The fourth-order valence-corrected chi connectivity index (χ4v) is 5.93. The molecule has 0 aliphatic carbocycles. The third kappa shape index (κ3) is 5.54. The number of thiophene rings is 1. The zero-order chi connectivity index (χ0) is 25.3. The average molecular weight is 554 g/mol. The molecule has 1 atom stereocenters. The van der Waals surface area contributed by atoms with E-state index in [0.717, 1.165) is 16.5 Å². The highest BCUT2D eigenvalue weighted by atomic mass is 79.9. The van der Waals surface area contributed by atoms with Gasteiger partial charge in [0.2, 0.25) is 5.91 Å². The third-order valence-electron chi connectivity index (χ3n) is 6.64. The van der Waals surface area contributed by atoms with E-state index in [2.05, 4.69) is 72.4 Å². The molecule has 2 heterocycles. The molecule has 2 aromatic carbocycles. The molecule has 0 N–H and O–H groups in total. The zero-order valence-electron chi connectivity index (χ0n) is 21.0. The molecule has 35 heavy (non-hydrogen) atoms. The molecular formula is C29H33BrN2O2S. The van der Waals surface area contributed by atoms with Gasteiger partial charge in [-0.2, -0.15) is 0 Å². The summed E-state index contributed by atoms with van der Waals surface area (Å²) in [5.41, 5.74) is 4.23. The van der Waals surface area contributed by atoms with Crippen molar-refractivity contribution in [3.05, 3.63) is 91.6 Å². The topological polar surface area (TPSA) is 40.6 Å². The fourth-order valence-electron chi connectivity index (χ4n) is 4.62. The molecule has 3 aromatic rings. The standard InChI is InChI=1S/C29H33BrN2O2S/c1-19(2)32(28(34)21-7-6-8-23(30)17-21)18-26(33)31-15-13-25-24(14-16-35-25)27(31)20-9-11-22(12-10-20)29(3,4)5/h6-12,14,16-17,19,27H,13,15,18H2,1-5H3. The lowest BCUT2D eigenvalue weighted by molar-refractivity contribution is -0.134. The van der Waals surface area contributed by atoms with Crippen LogP contribution in [0, 0.1) is 0 Å². The first-order valence-corrected chi connectivity index (χ1v) is 13.8. The van der Waals surface area contributed by atoms with Crippen molar-refractivity contribution in [2.24, 2.45) is 0 Å². The maximum absolute atomic E-state index is 13.8. The molecule has 6 heteroatoms. The predicted octanol–water partition coefficient (Wildman–Crippen LogP) is 6.83. The van der Waals surface area contributed by atoms with Crippen LogP contribution in [0.25, 0.3) is 0 Å². The molecule has 4 nitrogen and oxygen atoms in total. The van der Waals surface area contributed by atoms with E-state index < -0.39 is 0 Å². The molecule has 4 rings (SSSR count). The lowest BCUT2D eigenvalue weighted by Crippen LogP contribution is -2.48. The first-order valence-electron chi connectivity index (χ1n) is 12.1. The monoisotopic (exact) mass is 552 g/mol. The van der Waals surface area contributed by atoms with Gasteiger partial charge in [-0.25, -0.2) is 0 Å². The van der Waals surface area contributed by atoms with E-state index in [4.69, 9.17) is 0 Å². The SMILES string of the molecule is CC(C)N(CC(=O)N1CCc2sccc2C1c1ccc(C(C)(C)C)cc1)C(=O)c1cccc(Br)c1. The van der Waals surface area contributed by atoms with Gasteiger partial charge in [0.1, 0.15) is 6.54 Å². The Labute approximate surface area is 221 Å². The number of fused-ring (bicyclic) bond motifs is 1. The van der Waals surface area contributed by atoms with Crippen molar-refractivity contribution in [2.75, 3.05) is 13.1 Å². The molecule has 1 aliphatic heterocycles. The number of hydrogen-bond acceptors (Lipinski definition) is 3. The number of hydrogen-bond donors (Lipinski definition) is 0. The van der Waals surface area contributed by atoms with Crippen LogP contribution in [0.2, 0.25) is 0 Å². The Balaban J connectivity index is 1.63. The van der Waals surface area contributed by atoms with Crippen LogP contribution >= 0.6 is 27.3 Å². The van der Waals surface area contributed by atoms with Crippen molar-refractivity contribution in [1.82, 2.24) is 9.80 Å². The van der Waals surface area contributed by atoms with Crippen LogP contribution in [0.15, 0.2) is 64.5 Å². The minimum Gasteiger partial charge on any atom is -0.330 e. The number of carbonyl (C=O) groups is 2. The quantitative estimate of drug-likeness (QED) is 0.348. The molecule has 1 unspecified atom stereocenters. The summed E-state index contributed by atoms with van der Waals surface area (Å²) in [7, 11) is 0. The van der Waals surface area contributed by atoms with Gasteiger partial charge in [0.15, 0.2) is 0 Å². The maximum Gasteiger partial charge on any atom is 0.254 e. The Morgan fingerprint density at radius 1 is 1.11 bits per heavy atom. The molecule has 0 saturated carbocycles. The Morgan fingerprint density at radius 2 is 1.83 bits per heavy atom. The molecule has 1 aromatic heterocycles. The van der Waals surface area contributed by atoms with Gasteiger partial charge in [-0.1, -0.05) is 67.0 Å². The van der Waals surface area contributed by atoms with Gasteiger partial charge >= 0.3 is 0 Å². The van der Waals surface area contributed by atoms with Gasteiger partial charge in [0.25, 0.3) is 5.91 Å². The summed E-state index contributed by atoms with van der Waals surface area (Å²) >= 11 is 5.21. The zero-order valence-corrected chi connectivity index (χ0v) is 23.4. The van der Waals surface area contributed by atoms with Gasteiger partial charge in [-0.15, -0.1) is 11.3 Å². The van der Waals surface area contributed by atoms with Crippen LogP contribution in [0.5, 0.6) is 0 Å². The normalized spacial score (nSPS) is 15.7. The largest absolute Gasteiger partial charge is 0.330 e. The van der Waals surface area contributed by atoms with Crippen LogP contribution in [0.1, 0.15) is 72.6 Å². The van der Waals surface area contributed by atoms with E-state index in [0.29, 0.717) is 12.1 Å². The lowest BCUT2D eigenvalue weighted by Gasteiger charge is -2.38. The first-order chi connectivity index (χ1) is 16.6. The van der Waals surface area contributed by atoms with Crippen LogP contribution in [0.3, 0.4) is 0 Å². The second-order valence-corrected chi connectivity index (χ2v) is 12.4. The molecule has 0 radical (unpaired) electrons. The summed E-state index contributed by atoms with van der Waals surface area (Å²) < 4.78 is 0.846. The molecule has 0 fully saturated rings. The van der Waals surface area contributed by atoms with Gasteiger partial charge < -0.3 is 9.80 Å². The van der Waals surface area contributed by atoms with Crippen LogP contribution in [-0.2, 0) is 16.6 Å². The van der Waals surface area contributed by atoms with Crippen LogP contribution in [-0.4, -0.2) is 40.7 Å². The van der Waals surface area contributed by atoms with E-state index in [1.165, 1.54) is 16.0 Å². The van der Waals surface area contributed by atoms with E-state index in [9.17, 15) is 9.59 Å². The highest BCUT2D eigenvalue weighted by Gasteiger charge is 2.34. The average Bonchev–Trinajstić information content (AvgIpc) is 3.29. The predicted molar refractivity (Wildman–Crippen MR) is 147 cm³/mol. The van der Waals surface area contributed by atoms with Crippen LogP contribution < -0.4 is 0 Å². The summed E-state index contributed by atoms with van der Waals surface area (Å²) in [6.07, 6.45) is 0.844. The Hall–Kier alpha value is -2.44. The first kappa shape index (κ1) is 25.6. The molecule has 184 valence electrons. The fraction of sp³-hybridized carbons (Fsp3) is 0.379. The van der Waals surface area contributed by atoms with Crippen molar-refractivity contribution < 1.29 is 9.59 Å². The van der Waals surface area contributed by atoms with Crippen molar-refractivity contribution >= 4 is 39.1 Å². The number of amides is 2. The highest BCUT2D eigenvalue weighted by molar-refractivity contribution is 9.10. The molecule has 0 bridgehead atoms. The van der Waals surface area contributed by atoms with Crippen molar-refractivity contribution in [2.45, 2.75) is 58.5 Å². The Kier molecular flexibility index (Phi) is 7.53. The van der Waals surface area contributed by atoms with Crippen molar-refractivity contribution in [3.63, 3.8) is 0 Å². The van der Waals surface area contributed by atoms with Gasteiger partial charge in [-0.3, -0.25) is 9.59 Å². The summed E-state index contributed by atoms with van der Waals surface area (Å²) in [5.74, 6) is -0.155. The second-order valence-electron chi connectivity index (χ2n) is 10.4. The number of carbonyl (C=O) groups excluding carboxylic acids is 2. The third-order valence-corrected chi connectivity index (χ3v) is 8.13. The minimum absolute atomic E-state index is 0.0243.